The van der Waals surface area contributed by atoms with Crippen LogP contribution in [0.1, 0.15) is 35.0 Å². The SMILES string of the molecule is Cc1csc(-c2nc3c(s2)CCCC3C(=O)O)n1. The number of nitrogens with zero attached hydrogens (tertiary/aromatic N) is 2. The van der Waals surface area contributed by atoms with Gasteiger partial charge in [-0.2, -0.15) is 0 Å². The molecule has 0 saturated carbocycles. The Kier molecular flexibility index (Phi) is 2.91. The van der Waals surface area contributed by atoms with Crippen molar-refractivity contribution < 1.29 is 9.90 Å². The van der Waals surface area contributed by atoms with Gasteiger partial charge < -0.3 is 5.11 Å². The molecule has 2 heterocycles. The minimum atomic E-state index is -0.761. The Hall–Kier alpha value is -1.27. The van der Waals surface area contributed by atoms with Crippen molar-refractivity contribution in [2.45, 2.75) is 32.1 Å². The van der Waals surface area contributed by atoms with E-state index in [4.69, 9.17) is 0 Å². The predicted molar refractivity (Wildman–Crippen MR) is 71.3 cm³/mol. The van der Waals surface area contributed by atoms with Gasteiger partial charge in [0.1, 0.15) is 5.92 Å². The standard InChI is InChI=1S/C12H12N2O2S2/c1-6-5-17-10(13-6)11-14-9-7(12(15)16)3-2-4-8(9)18-11/h5,7H,2-4H2,1H3,(H,15,16). The second kappa shape index (κ2) is 4.44. The van der Waals surface area contributed by atoms with Gasteiger partial charge in [-0.15, -0.1) is 22.7 Å². The Balaban J connectivity index is 2.03. The average Bonchev–Trinajstić information content (AvgIpc) is 2.93. The quantitative estimate of drug-likeness (QED) is 0.918. The van der Waals surface area contributed by atoms with E-state index in [0.717, 1.165) is 39.1 Å². The number of carboxylic acids is 1. The molecule has 2 aromatic rings. The van der Waals surface area contributed by atoms with Gasteiger partial charge >= 0.3 is 5.97 Å². The molecule has 0 fully saturated rings. The molecule has 0 amide bonds. The highest BCUT2D eigenvalue weighted by molar-refractivity contribution is 7.20. The first-order valence-corrected chi connectivity index (χ1v) is 7.49. The Labute approximate surface area is 112 Å². The molecule has 6 heteroatoms. The molecule has 2 aromatic heterocycles. The zero-order valence-electron chi connectivity index (χ0n) is 9.84. The third-order valence-electron chi connectivity index (χ3n) is 3.05. The number of hydrogen-bond donors (Lipinski definition) is 1. The molecule has 1 atom stereocenters. The fraction of sp³-hybridized carbons (Fsp3) is 0.417. The first kappa shape index (κ1) is 11.8. The van der Waals surface area contributed by atoms with Crippen LogP contribution in [0, 0.1) is 6.92 Å². The van der Waals surface area contributed by atoms with Gasteiger partial charge in [0, 0.05) is 16.0 Å². The summed E-state index contributed by atoms with van der Waals surface area (Å²) in [4.78, 5) is 21.3. The summed E-state index contributed by atoms with van der Waals surface area (Å²) in [5.41, 5.74) is 1.75. The lowest BCUT2D eigenvalue weighted by molar-refractivity contribution is -0.139. The van der Waals surface area contributed by atoms with Crippen LogP contribution >= 0.6 is 22.7 Å². The van der Waals surface area contributed by atoms with Crippen LogP contribution in [0.15, 0.2) is 5.38 Å². The van der Waals surface area contributed by atoms with Crippen LogP contribution in [0.4, 0.5) is 0 Å². The molecule has 1 aliphatic carbocycles. The third kappa shape index (κ3) is 1.95. The predicted octanol–water partition coefficient (Wildman–Crippen LogP) is 3.08. The zero-order chi connectivity index (χ0) is 12.7. The van der Waals surface area contributed by atoms with Crippen LogP contribution in [0.3, 0.4) is 0 Å². The Bertz CT molecular complexity index is 603. The lowest BCUT2D eigenvalue weighted by atomic mass is 9.91. The van der Waals surface area contributed by atoms with Gasteiger partial charge in [-0.25, -0.2) is 9.97 Å². The van der Waals surface area contributed by atoms with Gasteiger partial charge in [-0.1, -0.05) is 0 Å². The molecule has 4 nitrogen and oxygen atoms in total. The van der Waals surface area contributed by atoms with Gasteiger partial charge in [0.15, 0.2) is 10.0 Å². The Morgan fingerprint density at radius 3 is 2.94 bits per heavy atom. The molecule has 0 spiro atoms. The van der Waals surface area contributed by atoms with Crippen molar-refractivity contribution in [3.63, 3.8) is 0 Å². The number of thiazole rings is 2. The first-order chi connectivity index (χ1) is 8.65. The third-order valence-corrected chi connectivity index (χ3v) is 5.29. The summed E-state index contributed by atoms with van der Waals surface area (Å²) >= 11 is 3.16. The zero-order valence-corrected chi connectivity index (χ0v) is 11.5. The number of hydrogen-bond acceptors (Lipinski definition) is 5. The van der Waals surface area contributed by atoms with E-state index in [2.05, 4.69) is 9.97 Å². The molecule has 0 aliphatic heterocycles. The van der Waals surface area contributed by atoms with Crippen LogP contribution < -0.4 is 0 Å². The van der Waals surface area contributed by atoms with E-state index in [9.17, 15) is 9.90 Å². The summed E-state index contributed by atoms with van der Waals surface area (Å²) in [6.07, 6.45) is 2.58. The van der Waals surface area contributed by atoms with Crippen LogP contribution in [0.2, 0.25) is 0 Å². The van der Waals surface area contributed by atoms with Crippen LogP contribution in [0.5, 0.6) is 0 Å². The summed E-state index contributed by atoms with van der Waals surface area (Å²) in [6, 6.07) is 0. The number of fused-ring (bicyclic) bond motifs is 1. The van der Waals surface area contributed by atoms with Gasteiger partial charge in [0.05, 0.1) is 5.69 Å². The van der Waals surface area contributed by atoms with Gasteiger partial charge in [-0.05, 0) is 26.2 Å². The molecule has 1 unspecified atom stereocenters. The number of aromatic nitrogens is 2. The molecule has 0 saturated heterocycles. The van der Waals surface area contributed by atoms with Crippen molar-refractivity contribution in [3.05, 3.63) is 21.6 Å². The maximum Gasteiger partial charge on any atom is 0.312 e. The monoisotopic (exact) mass is 280 g/mol. The van der Waals surface area contributed by atoms with E-state index in [-0.39, 0.29) is 0 Å². The minimum absolute atomic E-state index is 0.431. The fourth-order valence-corrected chi connectivity index (χ4v) is 4.20. The largest absolute Gasteiger partial charge is 0.481 e. The maximum absolute atomic E-state index is 11.2. The van der Waals surface area contributed by atoms with Crippen molar-refractivity contribution in [1.82, 2.24) is 9.97 Å². The molecular formula is C12H12N2O2S2. The highest BCUT2D eigenvalue weighted by Gasteiger charge is 2.30. The number of carbonyl (C=O) groups is 1. The van der Waals surface area contributed by atoms with E-state index in [0.29, 0.717) is 6.42 Å². The number of rotatable bonds is 2. The van der Waals surface area contributed by atoms with Crippen molar-refractivity contribution in [2.75, 3.05) is 0 Å². The van der Waals surface area contributed by atoms with Crippen molar-refractivity contribution in [2.24, 2.45) is 0 Å². The van der Waals surface area contributed by atoms with Crippen LogP contribution in [0.25, 0.3) is 10.0 Å². The second-order valence-electron chi connectivity index (χ2n) is 4.40. The van der Waals surface area contributed by atoms with Gasteiger partial charge in [0.2, 0.25) is 0 Å². The van der Waals surface area contributed by atoms with Gasteiger partial charge in [0.25, 0.3) is 0 Å². The topological polar surface area (TPSA) is 63.1 Å². The Morgan fingerprint density at radius 1 is 1.44 bits per heavy atom. The molecule has 1 aliphatic rings. The first-order valence-electron chi connectivity index (χ1n) is 5.80. The lowest BCUT2D eigenvalue weighted by Gasteiger charge is -2.16. The highest BCUT2D eigenvalue weighted by Crippen LogP contribution is 2.38. The number of aliphatic carboxylic acids is 1. The summed E-state index contributed by atoms with van der Waals surface area (Å²) < 4.78 is 0. The maximum atomic E-state index is 11.2. The smallest absolute Gasteiger partial charge is 0.312 e. The van der Waals surface area contributed by atoms with Crippen molar-refractivity contribution >= 4 is 28.6 Å². The average molecular weight is 280 g/mol. The van der Waals surface area contributed by atoms with E-state index in [1.807, 2.05) is 12.3 Å². The minimum Gasteiger partial charge on any atom is -0.481 e. The van der Waals surface area contributed by atoms with E-state index >= 15 is 0 Å². The normalized spacial score (nSPS) is 18.6. The molecule has 0 aromatic carbocycles. The molecule has 3 rings (SSSR count). The molecular weight excluding hydrogens is 268 g/mol. The lowest BCUT2D eigenvalue weighted by Crippen LogP contribution is -2.17. The van der Waals surface area contributed by atoms with Gasteiger partial charge in [-0.3, -0.25) is 4.79 Å². The van der Waals surface area contributed by atoms with Crippen molar-refractivity contribution in [1.29, 1.82) is 0 Å². The summed E-state index contributed by atoms with van der Waals surface area (Å²) in [6.45, 7) is 1.95. The fourth-order valence-electron chi connectivity index (χ4n) is 2.20. The number of carboxylic acid groups (broad SMARTS) is 1. The van der Waals surface area contributed by atoms with Crippen LogP contribution in [-0.2, 0) is 11.2 Å². The van der Waals surface area contributed by atoms with Crippen LogP contribution in [-0.4, -0.2) is 21.0 Å². The van der Waals surface area contributed by atoms with Crippen molar-refractivity contribution in [3.8, 4) is 10.0 Å². The Morgan fingerprint density at radius 2 is 2.28 bits per heavy atom. The number of aryl methyl sites for hydroxylation is 2. The molecule has 1 N–H and O–H groups in total. The molecule has 94 valence electrons. The highest BCUT2D eigenvalue weighted by atomic mass is 32.1. The second-order valence-corrected chi connectivity index (χ2v) is 6.35. The summed E-state index contributed by atoms with van der Waals surface area (Å²) in [7, 11) is 0. The molecule has 18 heavy (non-hydrogen) atoms. The summed E-state index contributed by atoms with van der Waals surface area (Å²) in [5.74, 6) is -1.19. The van der Waals surface area contributed by atoms with E-state index in [1.165, 1.54) is 0 Å². The summed E-state index contributed by atoms with van der Waals surface area (Å²) in [5, 5.41) is 13.0. The van der Waals surface area contributed by atoms with E-state index in [1.54, 1.807) is 22.7 Å². The molecule has 0 radical (unpaired) electrons. The van der Waals surface area contributed by atoms with E-state index < -0.39 is 11.9 Å². The molecule has 0 bridgehead atoms.